The second-order valence-electron chi connectivity index (χ2n) is 7.70. The summed E-state index contributed by atoms with van der Waals surface area (Å²) in [5.41, 5.74) is 9.48. The number of anilines is 3. The van der Waals surface area contributed by atoms with Crippen LogP contribution in [-0.2, 0) is 4.79 Å². The highest BCUT2D eigenvalue weighted by atomic mass is 16.1. The van der Waals surface area contributed by atoms with Crippen molar-refractivity contribution in [2.75, 3.05) is 11.1 Å². The van der Waals surface area contributed by atoms with E-state index in [0.29, 0.717) is 17.5 Å². The van der Waals surface area contributed by atoms with Gasteiger partial charge in [0.1, 0.15) is 11.5 Å². The number of rotatable bonds is 6. The molecule has 4 N–H and O–H groups in total. The molecule has 160 valence electrons. The largest absolute Gasteiger partial charge is 0.383 e. The molecule has 0 atom stereocenters. The first kappa shape index (κ1) is 19.7. The van der Waals surface area contributed by atoms with E-state index in [-0.39, 0.29) is 18.0 Å². The molecule has 0 saturated heterocycles. The second kappa shape index (κ2) is 8.10. The number of carbonyl (C=O) groups excluding carboxylic acids is 1. The van der Waals surface area contributed by atoms with Gasteiger partial charge in [-0.3, -0.25) is 9.48 Å². The van der Waals surface area contributed by atoms with Gasteiger partial charge in [0.05, 0.1) is 16.9 Å². The minimum Gasteiger partial charge on any atom is -0.383 e. The van der Waals surface area contributed by atoms with Crippen LogP contribution in [-0.4, -0.2) is 36.7 Å². The van der Waals surface area contributed by atoms with Gasteiger partial charge in [0.25, 0.3) is 0 Å². The number of carbonyl (C=O) groups is 1. The number of amides is 1. The second-order valence-corrected chi connectivity index (χ2v) is 7.70. The average molecular weight is 426 g/mol. The molecular formula is C23H22N8O. The SMILES string of the molecule is C=CC(=O)N[C@H]1C[C@@H](n2nc(-c3cnc(Nc4ccccc4)nc3)c3c(N)nccc32)C1. The Bertz CT molecular complexity index is 1280. The lowest BCUT2D eigenvalue weighted by molar-refractivity contribution is -0.117. The van der Waals surface area contributed by atoms with Gasteiger partial charge < -0.3 is 16.4 Å². The van der Waals surface area contributed by atoms with Crippen molar-refractivity contribution in [1.82, 2.24) is 30.0 Å². The molecular weight excluding hydrogens is 404 g/mol. The highest BCUT2D eigenvalue weighted by molar-refractivity contribution is 6.00. The summed E-state index contributed by atoms with van der Waals surface area (Å²) in [6.07, 6.45) is 7.99. The van der Waals surface area contributed by atoms with Crippen LogP contribution in [0.3, 0.4) is 0 Å². The lowest BCUT2D eigenvalue weighted by Crippen LogP contribution is -2.44. The quantitative estimate of drug-likeness (QED) is 0.404. The van der Waals surface area contributed by atoms with Gasteiger partial charge in [-0.1, -0.05) is 24.8 Å². The molecule has 3 heterocycles. The molecule has 9 nitrogen and oxygen atoms in total. The summed E-state index contributed by atoms with van der Waals surface area (Å²) in [7, 11) is 0. The molecule has 1 saturated carbocycles. The molecule has 9 heteroatoms. The van der Waals surface area contributed by atoms with Crippen molar-refractivity contribution in [3.05, 3.63) is 67.6 Å². The summed E-state index contributed by atoms with van der Waals surface area (Å²) in [5, 5.41) is 11.7. The molecule has 5 rings (SSSR count). The molecule has 4 aromatic rings. The van der Waals surface area contributed by atoms with E-state index < -0.39 is 0 Å². The van der Waals surface area contributed by atoms with Gasteiger partial charge in [-0.05, 0) is 37.1 Å². The summed E-state index contributed by atoms with van der Waals surface area (Å²) in [4.78, 5) is 24.7. The zero-order chi connectivity index (χ0) is 22.1. The first-order valence-corrected chi connectivity index (χ1v) is 10.3. The van der Waals surface area contributed by atoms with Crippen molar-refractivity contribution in [2.24, 2.45) is 0 Å². The first-order valence-electron chi connectivity index (χ1n) is 10.3. The summed E-state index contributed by atoms with van der Waals surface area (Å²) in [5.74, 6) is 0.745. The van der Waals surface area contributed by atoms with Crippen LogP contribution >= 0.6 is 0 Å². The Morgan fingerprint density at radius 2 is 1.88 bits per heavy atom. The standard InChI is InChI=1S/C23H22N8O/c1-2-19(32)28-16-10-17(11-16)31-18-8-9-25-22(24)20(18)21(30-31)14-12-26-23(27-13-14)29-15-6-4-3-5-7-15/h2-9,12-13,16-17H,1,10-11H2,(H2,24,25)(H,28,32)(H,26,27,29)/t16-,17+. The third-order valence-electron chi connectivity index (χ3n) is 5.60. The van der Waals surface area contributed by atoms with Crippen LogP contribution < -0.4 is 16.4 Å². The smallest absolute Gasteiger partial charge is 0.243 e. The van der Waals surface area contributed by atoms with Gasteiger partial charge in [0.15, 0.2) is 0 Å². The zero-order valence-corrected chi connectivity index (χ0v) is 17.3. The number of pyridine rings is 1. The maximum absolute atomic E-state index is 11.6. The number of aromatic nitrogens is 5. The van der Waals surface area contributed by atoms with Crippen LogP contribution in [0, 0.1) is 0 Å². The normalized spacial score (nSPS) is 17.5. The fourth-order valence-corrected chi connectivity index (χ4v) is 3.92. The summed E-state index contributed by atoms with van der Waals surface area (Å²) in [6.45, 7) is 3.50. The van der Waals surface area contributed by atoms with Gasteiger partial charge in [-0.25, -0.2) is 15.0 Å². The number of hydrogen-bond acceptors (Lipinski definition) is 7. The van der Waals surface area contributed by atoms with Crippen molar-refractivity contribution in [2.45, 2.75) is 24.9 Å². The van der Waals surface area contributed by atoms with Crippen LogP contribution in [0.4, 0.5) is 17.5 Å². The van der Waals surface area contributed by atoms with E-state index in [4.69, 9.17) is 10.8 Å². The number of nitrogens with one attached hydrogen (secondary N) is 2. The number of fused-ring (bicyclic) bond motifs is 1. The van der Waals surface area contributed by atoms with Crippen molar-refractivity contribution < 1.29 is 4.79 Å². The van der Waals surface area contributed by atoms with E-state index >= 15 is 0 Å². The minimum atomic E-state index is -0.158. The number of hydrogen-bond donors (Lipinski definition) is 3. The number of nitrogen functional groups attached to an aromatic ring is 1. The summed E-state index contributed by atoms with van der Waals surface area (Å²) >= 11 is 0. The molecule has 0 bridgehead atoms. The predicted octanol–water partition coefficient (Wildman–Crippen LogP) is 3.22. The molecule has 0 aliphatic heterocycles. The molecule has 1 aliphatic rings. The monoisotopic (exact) mass is 426 g/mol. The molecule has 0 spiro atoms. The minimum absolute atomic E-state index is 0.110. The molecule has 1 aliphatic carbocycles. The first-order chi connectivity index (χ1) is 15.6. The molecule has 32 heavy (non-hydrogen) atoms. The van der Waals surface area contributed by atoms with Gasteiger partial charge in [-0.2, -0.15) is 5.10 Å². The Labute approximate surface area is 184 Å². The number of benzene rings is 1. The van der Waals surface area contributed by atoms with E-state index in [0.717, 1.165) is 35.0 Å². The van der Waals surface area contributed by atoms with E-state index in [2.05, 4.69) is 32.2 Å². The van der Waals surface area contributed by atoms with Crippen molar-refractivity contribution in [1.29, 1.82) is 0 Å². The Kier molecular flexibility index (Phi) is 4.98. The van der Waals surface area contributed by atoms with Crippen molar-refractivity contribution in [3.63, 3.8) is 0 Å². The molecule has 1 fully saturated rings. The average Bonchev–Trinajstić information content (AvgIpc) is 3.17. The van der Waals surface area contributed by atoms with E-state index in [1.807, 2.05) is 41.1 Å². The number of nitrogens with two attached hydrogens (primary N) is 1. The predicted molar refractivity (Wildman–Crippen MR) is 123 cm³/mol. The Hall–Kier alpha value is -4.27. The Morgan fingerprint density at radius 1 is 1.12 bits per heavy atom. The zero-order valence-electron chi connectivity index (χ0n) is 17.3. The summed E-state index contributed by atoms with van der Waals surface area (Å²) < 4.78 is 1.97. The highest BCUT2D eigenvalue weighted by Gasteiger charge is 2.33. The van der Waals surface area contributed by atoms with E-state index in [1.54, 1.807) is 18.6 Å². The van der Waals surface area contributed by atoms with Crippen molar-refractivity contribution >= 4 is 34.3 Å². The van der Waals surface area contributed by atoms with Crippen LogP contribution in [0.25, 0.3) is 22.2 Å². The van der Waals surface area contributed by atoms with Gasteiger partial charge in [0, 0.05) is 35.9 Å². The van der Waals surface area contributed by atoms with Crippen LogP contribution in [0.5, 0.6) is 0 Å². The molecule has 0 unspecified atom stereocenters. The molecule has 0 radical (unpaired) electrons. The van der Waals surface area contributed by atoms with Gasteiger partial charge >= 0.3 is 0 Å². The lowest BCUT2D eigenvalue weighted by atomic mass is 9.86. The molecule has 3 aromatic heterocycles. The van der Waals surface area contributed by atoms with Gasteiger partial charge in [0.2, 0.25) is 11.9 Å². The summed E-state index contributed by atoms with van der Waals surface area (Å²) in [6, 6.07) is 11.9. The third kappa shape index (κ3) is 3.64. The van der Waals surface area contributed by atoms with E-state index in [1.165, 1.54) is 6.08 Å². The Morgan fingerprint density at radius 3 is 2.59 bits per heavy atom. The van der Waals surface area contributed by atoms with Crippen LogP contribution in [0.2, 0.25) is 0 Å². The number of nitrogens with zero attached hydrogens (tertiary/aromatic N) is 5. The fraction of sp³-hybridized carbons (Fsp3) is 0.174. The van der Waals surface area contributed by atoms with Crippen molar-refractivity contribution in [3.8, 4) is 11.3 Å². The topological polar surface area (TPSA) is 124 Å². The maximum atomic E-state index is 11.6. The maximum Gasteiger partial charge on any atom is 0.243 e. The van der Waals surface area contributed by atoms with Crippen LogP contribution in [0.15, 0.2) is 67.6 Å². The number of para-hydroxylation sites is 1. The van der Waals surface area contributed by atoms with Gasteiger partial charge in [-0.15, -0.1) is 0 Å². The highest BCUT2D eigenvalue weighted by Crippen LogP contribution is 2.38. The van der Waals surface area contributed by atoms with Crippen LogP contribution in [0.1, 0.15) is 18.9 Å². The molecule has 1 aromatic carbocycles. The van der Waals surface area contributed by atoms with E-state index in [9.17, 15) is 4.79 Å². The lowest BCUT2D eigenvalue weighted by Gasteiger charge is -2.36. The molecule has 1 amide bonds. The Balaban J connectivity index is 1.43. The third-order valence-corrected chi connectivity index (χ3v) is 5.60. The fourth-order valence-electron chi connectivity index (χ4n) is 3.92.